The van der Waals surface area contributed by atoms with E-state index in [-0.39, 0.29) is 5.41 Å². The molecule has 0 atom stereocenters. The standard InChI is InChI=1S/C30H37N2/c1-22-13-9-11-19-27(22)31-21-32-28-20-12-10-18-26(28)30(29(32)23(31)2,24-14-5-3-6-15-24)25-16-7-4-8-17-25/h9-13,18-21,24-25H,3-8,14-17H2,1-2H3/q+1/i21D. The molecule has 3 aromatic rings. The molecular weight excluding hydrogens is 388 g/mol. The van der Waals surface area contributed by atoms with Gasteiger partial charge in [-0.15, -0.1) is 0 Å². The molecule has 0 radical (unpaired) electrons. The van der Waals surface area contributed by atoms with Crippen LogP contribution < -0.4 is 4.57 Å². The molecule has 1 aromatic heterocycles. The van der Waals surface area contributed by atoms with Crippen LogP contribution in [0.4, 0.5) is 0 Å². The van der Waals surface area contributed by atoms with Crippen LogP contribution in [0.5, 0.6) is 0 Å². The molecule has 2 heterocycles. The Balaban J connectivity index is 1.68. The van der Waals surface area contributed by atoms with E-state index in [0.717, 1.165) is 5.69 Å². The number of aromatic nitrogens is 2. The molecule has 0 N–H and O–H groups in total. The normalized spacial score (nSPS) is 21.2. The van der Waals surface area contributed by atoms with Gasteiger partial charge in [-0.3, -0.25) is 0 Å². The molecule has 2 aliphatic carbocycles. The fourth-order valence-corrected chi connectivity index (χ4v) is 7.62. The van der Waals surface area contributed by atoms with E-state index in [0.29, 0.717) is 18.1 Å². The van der Waals surface area contributed by atoms with Crippen LogP contribution in [-0.4, -0.2) is 4.57 Å². The summed E-state index contributed by atoms with van der Waals surface area (Å²) in [7, 11) is 0. The fourth-order valence-electron chi connectivity index (χ4n) is 7.62. The summed E-state index contributed by atoms with van der Waals surface area (Å²) in [5, 5.41) is 0. The molecule has 0 amide bonds. The van der Waals surface area contributed by atoms with Gasteiger partial charge in [-0.25, -0.2) is 0 Å². The zero-order valence-electron chi connectivity index (χ0n) is 20.7. The van der Waals surface area contributed by atoms with Crippen molar-refractivity contribution in [2.24, 2.45) is 11.8 Å². The Kier molecular flexibility index (Phi) is 4.73. The van der Waals surface area contributed by atoms with Gasteiger partial charge in [-0.1, -0.05) is 74.9 Å². The van der Waals surface area contributed by atoms with Crippen molar-refractivity contribution in [1.29, 1.82) is 0 Å². The number of hydrogen-bond acceptors (Lipinski definition) is 0. The average molecular weight is 427 g/mol. The maximum atomic E-state index is 9.44. The largest absolute Gasteiger partial charge is 0.254 e. The number of aryl methyl sites for hydroxylation is 1. The molecular formula is C30H37N2+. The van der Waals surface area contributed by atoms with Crippen molar-refractivity contribution in [1.82, 2.24) is 4.57 Å². The Morgan fingerprint density at radius 2 is 1.41 bits per heavy atom. The Morgan fingerprint density at radius 3 is 2.06 bits per heavy atom. The molecule has 6 rings (SSSR count). The van der Waals surface area contributed by atoms with Crippen molar-refractivity contribution in [2.75, 3.05) is 0 Å². The lowest BCUT2D eigenvalue weighted by molar-refractivity contribution is -0.602. The lowest BCUT2D eigenvalue weighted by Gasteiger charge is -2.46. The second-order valence-electron chi connectivity index (χ2n) is 10.5. The molecule has 2 nitrogen and oxygen atoms in total. The quantitative estimate of drug-likeness (QED) is 0.394. The number of rotatable bonds is 3. The minimum atomic E-state index is 0.0469. The summed E-state index contributed by atoms with van der Waals surface area (Å²) in [6.45, 7) is 4.47. The third kappa shape index (κ3) is 2.81. The summed E-state index contributed by atoms with van der Waals surface area (Å²) in [5.41, 5.74) is 7.94. The maximum absolute atomic E-state index is 9.44. The molecule has 3 aliphatic rings. The molecule has 0 spiro atoms. The van der Waals surface area contributed by atoms with Gasteiger partial charge in [0, 0.05) is 12.5 Å². The predicted octanol–water partition coefficient (Wildman–Crippen LogP) is 7.13. The number of benzene rings is 2. The predicted molar refractivity (Wildman–Crippen MR) is 131 cm³/mol. The zero-order valence-corrected chi connectivity index (χ0v) is 19.7. The van der Waals surface area contributed by atoms with Crippen molar-refractivity contribution in [2.45, 2.75) is 83.5 Å². The Hall–Kier alpha value is -2.35. The van der Waals surface area contributed by atoms with Crippen LogP contribution >= 0.6 is 0 Å². The average Bonchev–Trinajstić information content (AvgIpc) is 3.31. The van der Waals surface area contributed by atoms with E-state index in [9.17, 15) is 1.37 Å². The topological polar surface area (TPSA) is 8.81 Å². The van der Waals surface area contributed by atoms with E-state index in [1.807, 2.05) is 0 Å². The number of nitrogens with zero attached hydrogens (tertiary/aromatic N) is 2. The van der Waals surface area contributed by atoms with E-state index in [1.54, 1.807) is 0 Å². The first-order chi connectivity index (χ1) is 16.2. The van der Waals surface area contributed by atoms with Crippen molar-refractivity contribution >= 4 is 0 Å². The second kappa shape index (κ2) is 7.90. The summed E-state index contributed by atoms with van der Waals surface area (Å²) in [4.78, 5) is 0. The zero-order chi connectivity index (χ0) is 22.6. The molecule has 2 aromatic carbocycles. The fraction of sp³-hybridized carbons (Fsp3) is 0.500. The number of imidazole rings is 1. The summed E-state index contributed by atoms with van der Waals surface area (Å²) >= 11 is 0. The third-order valence-corrected chi connectivity index (χ3v) is 8.94. The lowest BCUT2D eigenvalue weighted by atomic mass is 9.55. The molecule has 32 heavy (non-hydrogen) atoms. The second-order valence-corrected chi connectivity index (χ2v) is 10.5. The van der Waals surface area contributed by atoms with E-state index in [2.05, 4.69) is 71.5 Å². The molecule has 0 unspecified atom stereocenters. The van der Waals surface area contributed by atoms with E-state index < -0.39 is 0 Å². The van der Waals surface area contributed by atoms with Gasteiger partial charge in [0.25, 0.3) is 6.30 Å². The maximum Gasteiger partial charge on any atom is 0.254 e. The van der Waals surface area contributed by atoms with Gasteiger partial charge in [-0.05, 0) is 62.1 Å². The van der Waals surface area contributed by atoms with Crippen molar-refractivity contribution < 1.29 is 5.94 Å². The minimum absolute atomic E-state index is 0.0469. The molecule has 0 saturated heterocycles. The number of para-hydroxylation sites is 2. The molecule has 166 valence electrons. The Bertz CT molecular complexity index is 1160. The van der Waals surface area contributed by atoms with Crippen molar-refractivity contribution in [3.05, 3.63) is 77.3 Å². The Morgan fingerprint density at radius 1 is 0.812 bits per heavy atom. The first kappa shape index (κ1) is 19.1. The monoisotopic (exact) mass is 426 g/mol. The van der Waals surface area contributed by atoms with Gasteiger partial charge < -0.3 is 0 Å². The van der Waals surface area contributed by atoms with Gasteiger partial charge in [0.1, 0.15) is 17.1 Å². The number of fused-ring (bicyclic) bond motifs is 3. The SMILES string of the molecule is [2H]c1n2c(c(C)[n+]1-c1ccccc1C)C(C1CCCCC1)(C1CCCCC1)c1ccccc1-2. The third-order valence-electron chi connectivity index (χ3n) is 8.94. The van der Waals surface area contributed by atoms with Gasteiger partial charge in [0.2, 0.25) is 0 Å². The Labute approximate surface area is 194 Å². The van der Waals surface area contributed by atoms with E-state index >= 15 is 0 Å². The van der Waals surface area contributed by atoms with Crippen LogP contribution in [0.2, 0.25) is 0 Å². The van der Waals surface area contributed by atoms with Crippen molar-refractivity contribution in [3.63, 3.8) is 0 Å². The molecule has 2 heteroatoms. The summed E-state index contributed by atoms with van der Waals surface area (Å²) < 4.78 is 14.0. The lowest BCUT2D eigenvalue weighted by Crippen LogP contribution is -2.45. The van der Waals surface area contributed by atoms with Gasteiger partial charge >= 0.3 is 0 Å². The van der Waals surface area contributed by atoms with Crippen LogP contribution in [0.1, 0.15) is 88.1 Å². The smallest absolute Gasteiger partial charge is 0.199 e. The van der Waals surface area contributed by atoms with Crippen LogP contribution in [0.15, 0.2) is 54.8 Å². The molecule has 0 bridgehead atoms. The highest BCUT2D eigenvalue weighted by molar-refractivity contribution is 5.59. The summed E-state index contributed by atoms with van der Waals surface area (Å²) in [5.74, 6) is 1.35. The van der Waals surface area contributed by atoms with Crippen LogP contribution in [0.3, 0.4) is 0 Å². The van der Waals surface area contributed by atoms with Gasteiger partial charge in [0.15, 0.2) is 7.06 Å². The molecule has 1 aliphatic heterocycles. The van der Waals surface area contributed by atoms with Crippen LogP contribution in [-0.2, 0) is 5.41 Å². The minimum Gasteiger partial charge on any atom is -0.199 e. The van der Waals surface area contributed by atoms with Crippen LogP contribution in [0, 0.1) is 25.7 Å². The van der Waals surface area contributed by atoms with Crippen LogP contribution in [0.25, 0.3) is 11.4 Å². The highest BCUT2D eigenvalue weighted by atomic mass is 15.2. The van der Waals surface area contributed by atoms with Crippen molar-refractivity contribution in [3.8, 4) is 11.4 Å². The first-order valence-corrected chi connectivity index (χ1v) is 13.0. The summed E-state index contributed by atoms with van der Waals surface area (Å²) in [6, 6.07) is 17.7. The van der Waals surface area contributed by atoms with E-state index in [4.69, 9.17) is 0 Å². The molecule has 2 saturated carbocycles. The van der Waals surface area contributed by atoms with Gasteiger partial charge in [0.05, 0.1) is 5.41 Å². The highest BCUT2D eigenvalue weighted by Crippen LogP contribution is 2.59. The highest BCUT2D eigenvalue weighted by Gasteiger charge is 2.58. The first-order valence-electron chi connectivity index (χ1n) is 13.5. The van der Waals surface area contributed by atoms with E-state index in [1.165, 1.54) is 92.4 Å². The number of hydrogen-bond donors (Lipinski definition) is 0. The molecule has 2 fully saturated rings. The van der Waals surface area contributed by atoms with Gasteiger partial charge in [-0.2, -0.15) is 9.13 Å². The summed E-state index contributed by atoms with van der Waals surface area (Å²) in [6.07, 6.45) is 14.1.